The molecule has 24 heavy (non-hydrogen) atoms. The number of rotatable bonds is 8. The van der Waals surface area contributed by atoms with Gasteiger partial charge < -0.3 is 10.4 Å². The Hall–Kier alpha value is -2.22. The first kappa shape index (κ1) is 16.6. The minimum atomic E-state index is -0.850. The molecule has 2 N–H and O–H groups in total. The van der Waals surface area contributed by atoms with E-state index in [0.29, 0.717) is 18.8 Å². The number of carboxylic acids is 1. The Balaban J connectivity index is 1.60. The number of nitro groups is 1. The average Bonchev–Trinajstić information content (AvgIpc) is 3.26. The van der Waals surface area contributed by atoms with Gasteiger partial charge in [0.05, 0.1) is 11.5 Å². The summed E-state index contributed by atoms with van der Waals surface area (Å²) in [6, 6.07) is 3.82. The standard InChI is InChI=1S/C16H20FN3O4/c17-13-2-1-3-14(20(23)24)16(13)18-11-6-12(7-11)19(9-15(21)22)8-10-4-5-10/h1-3,10-12,18H,4-9H2,(H,21,22). The topological polar surface area (TPSA) is 95.7 Å². The molecule has 130 valence electrons. The summed E-state index contributed by atoms with van der Waals surface area (Å²) in [5.41, 5.74) is -0.364. The molecular formula is C16H20FN3O4. The van der Waals surface area contributed by atoms with Crippen molar-refractivity contribution in [3.05, 3.63) is 34.1 Å². The Morgan fingerprint density at radius 3 is 2.71 bits per heavy atom. The van der Waals surface area contributed by atoms with Gasteiger partial charge in [-0.2, -0.15) is 0 Å². The summed E-state index contributed by atoms with van der Waals surface area (Å²) in [4.78, 5) is 23.4. The molecule has 2 aliphatic carbocycles. The Morgan fingerprint density at radius 1 is 1.42 bits per heavy atom. The van der Waals surface area contributed by atoms with Gasteiger partial charge in [0.1, 0.15) is 5.69 Å². The number of nitro benzene ring substituents is 1. The number of halogens is 1. The summed E-state index contributed by atoms with van der Waals surface area (Å²) in [7, 11) is 0. The number of nitrogens with one attached hydrogen (secondary N) is 1. The van der Waals surface area contributed by atoms with E-state index in [-0.39, 0.29) is 30.0 Å². The molecule has 7 nitrogen and oxygen atoms in total. The lowest BCUT2D eigenvalue weighted by molar-refractivity contribution is -0.384. The molecule has 0 aromatic heterocycles. The van der Waals surface area contributed by atoms with Crippen LogP contribution in [0, 0.1) is 21.8 Å². The Kier molecular flexibility index (Phi) is 4.66. The second kappa shape index (κ2) is 6.72. The first-order valence-corrected chi connectivity index (χ1v) is 8.09. The fourth-order valence-corrected chi connectivity index (χ4v) is 3.16. The number of hydrogen-bond donors (Lipinski definition) is 2. The van der Waals surface area contributed by atoms with Crippen LogP contribution in [0.3, 0.4) is 0 Å². The quantitative estimate of drug-likeness (QED) is 0.559. The van der Waals surface area contributed by atoms with E-state index >= 15 is 0 Å². The lowest BCUT2D eigenvalue weighted by atomic mass is 9.85. The van der Waals surface area contributed by atoms with E-state index in [1.165, 1.54) is 18.2 Å². The van der Waals surface area contributed by atoms with Gasteiger partial charge in [-0.3, -0.25) is 19.8 Å². The van der Waals surface area contributed by atoms with E-state index in [9.17, 15) is 19.3 Å². The number of nitrogens with zero attached hydrogens (tertiary/aromatic N) is 2. The highest BCUT2D eigenvalue weighted by molar-refractivity contribution is 5.69. The highest BCUT2D eigenvalue weighted by atomic mass is 19.1. The van der Waals surface area contributed by atoms with Crippen LogP contribution in [-0.4, -0.2) is 46.1 Å². The molecular weight excluding hydrogens is 317 g/mol. The molecule has 2 fully saturated rings. The third-order valence-corrected chi connectivity index (χ3v) is 4.69. The van der Waals surface area contributed by atoms with E-state index in [4.69, 9.17) is 5.11 Å². The average molecular weight is 337 g/mol. The van der Waals surface area contributed by atoms with E-state index in [0.717, 1.165) is 19.4 Å². The Labute approximate surface area is 138 Å². The molecule has 0 atom stereocenters. The molecule has 3 rings (SSSR count). The fraction of sp³-hybridized carbons (Fsp3) is 0.562. The van der Waals surface area contributed by atoms with Crippen LogP contribution < -0.4 is 5.32 Å². The van der Waals surface area contributed by atoms with Crippen LogP contribution in [-0.2, 0) is 4.79 Å². The lowest BCUT2D eigenvalue weighted by Crippen LogP contribution is -2.52. The van der Waals surface area contributed by atoms with Crippen molar-refractivity contribution in [2.75, 3.05) is 18.4 Å². The number of anilines is 1. The lowest BCUT2D eigenvalue weighted by Gasteiger charge is -2.43. The first-order valence-electron chi connectivity index (χ1n) is 8.09. The van der Waals surface area contributed by atoms with Gasteiger partial charge in [0.2, 0.25) is 0 Å². The summed E-state index contributed by atoms with van der Waals surface area (Å²) in [6.45, 7) is 0.789. The van der Waals surface area contributed by atoms with Crippen molar-refractivity contribution < 1.29 is 19.2 Å². The molecule has 1 aromatic rings. The van der Waals surface area contributed by atoms with Crippen molar-refractivity contribution in [1.29, 1.82) is 0 Å². The highest BCUT2D eigenvalue weighted by Crippen LogP contribution is 2.36. The zero-order chi connectivity index (χ0) is 17.3. The molecule has 0 saturated heterocycles. The molecule has 2 aliphatic rings. The van der Waals surface area contributed by atoms with Crippen LogP contribution in [0.15, 0.2) is 18.2 Å². The molecule has 0 heterocycles. The number of aliphatic carboxylic acids is 1. The largest absolute Gasteiger partial charge is 0.480 e. The van der Waals surface area contributed by atoms with Gasteiger partial charge in [-0.05, 0) is 37.7 Å². The minimum Gasteiger partial charge on any atom is -0.480 e. The fourth-order valence-electron chi connectivity index (χ4n) is 3.16. The minimum absolute atomic E-state index is 0.00767. The van der Waals surface area contributed by atoms with Crippen molar-refractivity contribution >= 4 is 17.3 Å². The maximum absolute atomic E-state index is 13.9. The first-order chi connectivity index (χ1) is 11.4. The predicted octanol–water partition coefficient (Wildman–Crippen LogP) is 2.47. The van der Waals surface area contributed by atoms with Gasteiger partial charge in [-0.25, -0.2) is 4.39 Å². The van der Waals surface area contributed by atoms with Crippen LogP contribution in [0.1, 0.15) is 25.7 Å². The van der Waals surface area contributed by atoms with Crippen LogP contribution in [0.2, 0.25) is 0 Å². The third kappa shape index (κ3) is 3.81. The molecule has 0 aliphatic heterocycles. The predicted molar refractivity (Wildman–Crippen MR) is 85.4 cm³/mol. The summed E-state index contributed by atoms with van der Waals surface area (Å²) in [5.74, 6) is -0.908. The smallest absolute Gasteiger partial charge is 0.317 e. The van der Waals surface area contributed by atoms with Crippen molar-refractivity contribution in [1.82, 2.24) is 4.90 Å². The molecule has 0 amide bonds. The molecule has 0 radical (unpaired) electrons. The van der Waals surface area contributed by atoms with Gasteiger partial charge in [0.15, 0.2) is 5.82 Å². The summed E-state index contributed by atoms with van der Waals surface area (Å²) >= 11 is 0. The molecule has 0 unspecified atom stereocenters. The van der Waals surface area contributed by atoms with E-state index in [1.807, 2.05) is 4.90 Å². The van der Waals surface area contributed by atoms with Crippen LogP contribution >= 0.6 is 0 Å². The summed E-state index contributed by atoms with van der Waals surface area (Å²) in [5, 5.41) is 23.0. The van der Waals surface area contributed by atoms with Crippen LogP contribution in [0.5, 0.6) is 0 Å². The van der Waals surface area contributed by atoms with Gasteiger partial charge in [0, 0.05) is 24.7 Å². The normalized spacial score (nSPS) is 22.9. The van der Waals surface area contributed by atoms with E-state index in [2.05, 4.69) is 5.32 Å². The van der Waals surface area contributed by atoms with Crippen molar-refractivity contribution in [2.45, 2.75) is 37.8 Å². The van der Waals surface area contributed by atoms with Gasteiger partial charge in [0.25, 0.3) is 5.69 Å². The molecule has 8 heteroatoms. The monoisotopic (exact) mass is 337 g/mol. The van der Waals surface area contributed by atoms with E-state index < -0.39 is 16.7 Å². The number of hydrogen-bond acceptors (Lipinski definition) is 5. The number of para-hydroxylation sites is 1. The summed E-state index contributed by atoms with van der Waals surface area (Å²) < 4.78 is 13.9. The highest BCUT2D eigenvalue weighted by Gasteiger charge is 2.38. The second-order valence-corrected chi connectivity index (χ2v) is 6.62. The van der Waals surface area contributed by atoms with Crippen molar-refractivity contribution in [3.8, 4) is 0 Å². The van der Waals surface area contributed by atoms with Crippen LogP contribution in [0.4, 0.5) is 15.8 Å². The van der Waals surface area contributed by atoms with Gasteiger partial charge in [-0.1, -0.05) is 6.07 Å². The third-order valence-electron chi connectivity index (χ3n) is 4.69. The maximum Gasteiger partial charge on any atom is 0.317 e. The van der Waals surface area contributed by atoms with Gasteiger partial charge >= 0.3 is 5.97 Å². The zero-order valence-corrected chi connectivity index (χ0v) is 13.2. The second-order valence-electron chi connectivity index (χ2n) is 6.62. The number of carboxylic acid groups (broad SMARTS) is 1. The number of carbonyl (C=O) groups is 1. The van der Waals surface area contributed by atoms with Gasteiger partial charge in [-0.15, -0.1) is 0 Å². The Bertz CT molecular complexity index is 644. The van der Waals surface area contributed by atoms with E-state index in [1.54, 1.807) is 0 Å². The zero-order valence-electron chi connectivity index (χ0n) is 13.2. The summed E-state index contributed by atoms with van der Waals surface area (Å²) in [6.07, 6.45) is 3.61. The SMILES string of the molecule is O=C(O)CN(CC1CC1)C1CC(Nc2c(F)cccc2[N+](=O)[O-])C1. The van der Waals surface area contributed by atoms with Crippen molar-refractivity contribution in [2.24, 2.45) is 5.92 Å². The Morgan fingerprint density at radius 2 is 2.12 bits per heavy atom. The van der Waals surface area contributed by atoms with Crippen LogP contribution in [0.25, 0.3) is 0 Å². The molecule has 2 saturated carbocycles. The molecule has 0 spiro atoms. The van der Waals surface area contributed by atoms with Crippen molar-refractivity contribution in [3.63, 3.8) is 0 Å². The maximum atomic E-state index is 13.9. The molecule has 1 aromatic carbocycles. The molecule has 0 bridgehead atoms. The number of benzene rings is 1.